The Morgan fingerprint density at radius 1 is 0.822 bits per heavy atom. The summed E-state index contributed by atoms with van der Waals surface area (Å²) in [5, 5.41) is 21.4. The van der Waals surface area contributed by atoms with Crippen molar-refractivity contribution >= 4 is 17.9 Å². The second-order valence-corrected chi connectivity index (χ2v) is 8.95. The van der Waals surface area contributed by atoms with Crippen LogP contribution in [-0.4, -0.2) is 98.0 Å². The average Bonchev–Trinajstić information content (AvgIpc) is 3.29. The molecule has 4 rings (SSSR count). The lowest BCUT2D eigenvalue weighted by molar-refractivity contribution is -0.193. The molecule has 4 heterocycles. The molecule has 3 N–H and O–H groups in total. The Labute approximate surface area is 248 Å². The maximum atomic E-state index is 10.6. The number of aromatic nitrogens is 2. The van der Waals surface area contributed by atoms with Gasteiger partial charge in [0.1, 0.15) is 6.10 Å². The highest BCUT2D eigenvalue weighted by Gasteiger charge is 2.44. The SMILES string of the molecule is O=C(O)C(F)(F)F.O=C(O)C(F)(F)F.O=C(O)C(F)(F)F.c1cncc(CN2C[C@@H](OCc3ccncc3)[C@H]3OCCC[C@H]32)c1. The molecule has 252 valence electrons. The number of hydrogen-bond donors (Lipinski definition) is 3. The first-order chi connectivity index (χ1) is 20.7. The van der Waals surface area contributed by atoms with Gasteiger partial charge in [0.05, 0.1) is 12.7 Å². The topological polar surface area (TPSA) is 159 Å². The van der Waals surface area contributed by atoms with Crippen LogP contribution in [-0.2, 0) is 37.0 Å². The predicted octanol–water partition coefficient (Wildman–Crippen LogP) is 4.33. The minimum atomic E-state index is -5.08. The van der Waals surface area contributed by atoms with Gasteiger partial charge in [-0.25, -0.2) is 14.4 Å². The lowest BCUT2D eigenvalue weighted by Crippen LogP contribution is -2.41. The molecule has 0 saturated carbocycles. The number of aliphatic carboxylic acids is 3. The van der Waals surface area contributed by atoms with E-state index in [4.69, 9.17) is 39.2 Å². The molecule has 0 aromatic carbocycles. The van der Waals surface area contributed by atoms with Gasteiger partial charge >= 0.3 is 36.4 Å². The van der Waals surface area contributed by atoms with Crippen molar-refractivity contribution in [3.05, 3.63) is 60.2 Å². The molecular formula is C25H26F9N3O8. The molecular weight excluding hydrogens is 641 g/mol. The molecule has 0 bridgehead atoms. The molecule has 0 aliphatic carbocycles. The number of rotatable bonds is 5. The number of likely N-dealkylation sites (tertiary alicyclic amines) is 1. The molecule has 2 aromatic heterocycles. The number of alkyl halides is 9. The highest BCUT2D eigenvalue weighted by molar-refractivity contribution is 5.73. The van der Waals surface area contributed by atoms with E-state index in [1.54, 1.807) is 0 Å². The van der Waals surface area contributed by atoms with Gasteiger partial charge in [0.15, 0.2) is 0 Å². The van der Waals surface area contributed by atoms with E-state index >= 15 is 0 Å². The number of carbonyl (C=O) groups is 3. The zero-order valence-corrected chi connectivity index (χ0v) is 22.7. The number of ether oxygens (including phenoxy) is 2. The first-order valence-electron chi connectivity index (χ1n) is 12.4. The van der Waals surface area contributed by atoms with Gasteiger partial charge in [0.25, 0.3) is 0 Å². The van der Waals surface area contributed by atoms with E-state index in [2.05, 4.69) is 20.9 Å². The molecule has 2 aliphatic heterocycles. The molecule has 2 aliphatic rings. The van der Waals surface area contributed by atoms with Crippen LogP contribution in [0.1, 0.15) is 24.0 Å². The molecule has 2 saturated heterocycles. The molecule has 45 heavy (non-hydrogen) atoms. The van der Waals surface area contributed by atoms with Gasteiger partial charge < -0.3 is 24.8 Å². The molecule has 3 atom stereocenters. The van der Waals surface area contributed by atoms with Crippen LogP contribution in [0.3, 0.4) is 0 Å². The third-order valence-electron chi connectivity index (χ3n) is 5.63. The number of fused-ring (bicyclic) bond motifs is 1. The summed E-state index contributed by atoms with van der Waals surface area (Å²) in [6.45, 7) is 3.28. The zero-order valence-electron chi connectivity index (χ0n) is 22.7. The van der Waals surface area contributed by atoms with Gasteiger partial charge in [-0.05, 0) is 42.2 Å². The number of pyridine rings is 2. The van der Waals surface area contributed by atoms with Crippen molar-refractivity contribution < 1.29 is 78.7 Å². The van der Waals surface area contributed by atoms with E-state index in [1.807, 2.05) is 43.0 Å². The summed E-state index contributed by atoms with van der Waals surface area (Å²) in [5.41, 5.74) is 2.40. The number of carboxylic acid groups (broad SMARTS) is 3. The van der Waals surface area contributed by atoms with Crippen molar-refractivity contribution in [2.45, 2.75) is 62.8 Å². The average molecular weight is 667 g/mol. The minimum absolute atomic E-state index is 0.125. The Kier molecular flexibility index (Phi) is 15.1. The van der Waals surface area contributed by atoms with Crippen LogP contribution < -0.4 is 0 Å². The monoisotopic (exact) mass is 667 g/mol. The summed E-state index contributed by atoms with van der Waals surface area (Å²) in [4.78, 5) is 37.5. The fourth-order valence-corrected chi connectivity index (χ4v) is 3.74. The molecule has 0 spiro atoms. The summed E-state index contributed by atoms with van der Waals surface area (Å²) in [5.74, 6) is -8.27. The summed E-state index contributed by atoms with van der Waals surface area (Å²) in [7, 11) is 0. The fraction of sp³-hybridized carbons (Fsp3) is 0.480. The third-order valence-corrected chi connectivity index (χ3v) is 5.63. The Bertz CT molecular complexity index is 1140. The van der Waals surface area contributed by atoms with Gasteiger partial charge in [-0.3, -0.25) is 14.9 Å². The van der Waals surface area contributed by atoms with Crippen LogP contribution in [0.2, 0.25) is 0 Å². The first kappa shape index (κ1) is 39.0. The van der Waals surface area contributed by atoms with Crippen LogP contribution in [0.25, 0.3) is 0 Å². The predicted molar refractivity (Wildman–Crippen MR) is 131 cm³/mol. The van der Waals surface area contributed by atoms with Crippen molar-refractivity contribution in [2.24, 2.45) is 0 Å². The summed E-state index contributed by atoms with van der Waals surface area (Å²) >= 11 is 0. The fourth-order valence-electron chi connectivity index (χ4n) is 3.74. The van der Waals surface area contributed by atoms with Gasteiger partial charge in [-0.2, -0.15) is 39.5 Å². The van der Waals surface area contributed by atoms with Gasteiger partial charge in [0.2, 0.25) is 0 Å². The Hall–Kier alpha value is -4.04. The van der Waals surface area contributed by atoms with Crippen LogP contribution in [0.15, 0.2) is 49.1 Å². The molecule has 0 amide bonds. The van der Waals surface area contributed by atoms with Crippen LogP contribution in [0.4, 0.5) is 39.5 Å². The van der Waals surface area contributed by atoms with Crippen molar-refractivity contribution in [3.63, 3.8) is 0 Å². The van der Waals surface area contributed by atoms with Gasteiger partial charge in [0, 0.05) is 50.5 Å². The van der Waals surface area contributed by atoms with Crippen molar-refractivity contribution in [3.8, 4) is 0 Å². The lowest BCUT2D eigenvalue weighted by Gasteiger charge is -2.32. The highest BCUT2D eigenvalue weighted by Crippen LogP contribution is 2.32. The van der Waals surface area contributed by atoms with E-state index in [-0.39, 0.29) is 12.2 Å². The molecule has 0 radical (unpaired) electrons. The van der Waals surface area contributed by atoms with E-state index in [0.717, 1.165) is 31.7 Å². The van der Waals surface area contributed by atoms with E-state index in [1.165, 1.54) is 12.0 Å². The van der Waals surface area contributed by atoms with Crippen molar-refractivity contribution in [2.75, 3.05) is 13.2 Å². The maximum Gasteiger partial charge on any atom is 0.490 e. The van der Waals surface area contributed by atoms with Gasteiger partial charge in [-0.1, -0.05) is 6.07 Å². The minimum Gasteiger partial charge on any atom is -0.475 e. The van der Waals surface area contributed by atoms with Crippen LogP contribution in [0.5, 0.6) is 0 Å². The van der Waals surface area contributed by atoms with Crippen LogP contribution >= 0.6 is 0 Å². The molecule has 2 aromatic rings. The quantitative estimate of drug-likeness (QED) is 0.390. The second-order valence-electron chi connectivity index (χ2n) is 8.95. The first-order valence-corrected chi connectivity index (χ1v) is 12.4. The number of hydrogen-bond acceptors (Lipinski definition) is 8. The number of halogens is 9. The Balaban J connectivity index is 0.000000396. The largest absolute Gasteiger partial charge is 0.490 e. The van der Waals surface area contributed by atoms with E-state index in [0.29, 0.717) is 12.6 Å². The third kappa shape index (κ3) is 15.0. The number of nitrogens with zero attached hydrogens (tertiary/aromatic N) is 3. The molecule has 2 fully saturated rings. The normalized spacial score (nSPS) is 19.7. The smallest absolute Gasteiger partial charge is 0.475 e. The van der Waals surface area contributed by atoms with Crippen molar-refractivity contribution in [1.82, 2.24) is 14.9 Å². The van der Waals surface area contributed by atoms with Crippen LogP contribution in [0, 0.1) is 0 Å². The van der Waals surface area contributed by atoms with E-state index < -0.39 is 36.4 Å². The standard InChI is InChI=1S/C19H23N3O2.3C2HF3O2/c1-3-16(11-21-7-1)12-22-13-18(19-17(22)4-2-10-23-19)24-14-15-5-8-20-9-6-15;3*3-2(4,5)1(6)7/h1,3,5-9,11,17-19H,2,4,10,12-14H2;3*(H,6,7)/t17-,18-,19+;;;/m1.../s1. The molecule has 20 heteroatoms. The summed E-state index contributed by atoms with van der Waals surface area (Å²) < 4.78 is 108. The van der Waals surface area contributed by atoms with Gasteiger partial charge in [-0.15, -0.1) is 0 Å². The molecule has 0 unspecified atom stereocenters. The summed E-state index contributed by atoms with van der Waals surface area (Å²) in [6, 6.07) is 8.58. The maximum absolute atomic E-state index is 10.6. The molecule has 11 nitrogen and oxygen atoms in total. The summed E-state index contributed by atoms with van der Waals surface area (Å²) in [6.07, 6.45) is -5.26. The Morgan fingerprint density at radius 3 is 1.78 bits per heavy atom. The van der Waals surface area contributed by atoms with Crippen molar-refractivity contribution in [1.29, 1.82) is 0 Å². The Morgan fingerprint density at radius 2 is 1.33 bits per heavy atom. The number of carboxylic acids is 3. The zero-order chi connectivity index (χ0) is 34.4. The highest BCUT2D eigenvalue weighted by atomic mass is 19.4. The van der Waals surface area contributed by atoms with E-state index in [9.17, 15) is 39.5 Å². The lowest BCUT2D eigenvalue weighted by atomic mass is 10.0. The second kappa shape index (κ2) is 17.4.